The molecule has 0 atom stereocenters. The summed E-state index contributed by atoms with van der Waals surface area (Å²) in [5.41, 5.74) is 1.94. The van der Waals surface area contributed by atoms with Gasteiger partial charge in [0, 0.05) is 18.3 Å². The Kier molecular flexibility index (Phi) is 4.76. The van der Waals surface area contributed by atoms with Crippen LogP contribution in [0, 0.1) is 19.7 Å². The number of hydrogen-bond acceptors (Lipinski definition) is 4. The second-order valence-corrected chi connectivity index (χ2v) is 7.92. The molecule has 0 aliphatic carbocycles. The van der Waals surface area contributed by atoms with E-state index >= 15 is 0 Å². The summed E-state index contributed by atoms with van der Waals surface area (Å²) in [6, 6.07) is 4.09. The average molecular weight is 398 g/mol. The number of anilines is 1. The number of nitrogens with one attached hydrogen (secondary N) is 1. The Morgan fingerprint density at radius 2 is 2.04 bits per heavy atom. The Bertz CT molecular complexity index is 1070. The van der Waals surface area contributed by atoms with Crippen molar-refractivity contribution < 1.29 is 12.8 Å². The summed E-state index contributed by atoms with van der Waals surface area (Å²) >= 11 is 6.01. The van der Waals surface area contributed by atoms with Crippen LogP contribution in [0.5, 0.6) is 0 Å². The fourth-order valence-corrected chi connectivity index (χ4v) is 4.37. The lowest BCUT2D eigenvalue weighted by Crippen LogP contribution is -2.14. The number of aryl methyl sites for hydroxylation is 2. The Morgan fingerprint density at radius 1 is 1.31 bits per heavy atom. The number of nitrogens with zero attached hydrogens (tertiary/aromatic N) is 4. The summed E-state index contributed by atoms with van der Waals surface area (Å²) < 4.78 is 44.0. The van der Waals surface area contributed by atoms with E-state index in [1.165, 1.54) is 33.9 Å². The zero-order valence-corrected chi connectivity index (χ0v) is 15.9. The number of sulfonamides is 1. The third-order valence-corrected chi connectivity index (χ3v) is 5.93. The van der Waals surface area contributed by atoms with Crippen LogP contribution in [0.1, 0.15) is 17.0 Å². The first kappa shape index (κ1) is 18.4. The van der Waals surface area contributed by atoms with Crippen molar-refractivity contribution in [2.45, 2.75) is 25.3 Å². The topological polar surface area (TPSA) is 81.8 Å². The van der Waals surface area contributed by atoms with Gasteiger partial charge >= 0.3 is 0 Å². The van der Waals surface area contributed by atoms with Gasteiger partial charge in [0.1, 0.15) is 10.7 Å². The molecule has 3 aromatic rings. The fraction of sp³-hybridized carbons (Fsp3) is 0.250. The van der Waals surface area contributed by atoms with E-state index < -0.39 is 15.8 Å². The fourth-order valence-electron chi connectivity index (χ4n) is 2.68. The minimum atomic E-state index is -3.79. The largest absolute Gasteiger partial charge is 0.276 e. The minimum Gasteiger partial charge on any atom is -0.276 e. The van der Waals surface area contributed by atoms with Crippen molar-refractivity contribution >= 4 is 27.3 Å². The van der Waals surface area contributed by atoms with Gasteiger partial charge in [-0.15, -0.1) is 0 Å². The molecule has 0 fully saturated rings. The minimum absolute atomic E-state index is 0.148. The van der Waals surface area contributed by atoms with E-state index in [9.17, 15) is 12.8 Å². The Hall–Kier alpha value is -2.39. The molecule has 7 nitrogen and oxygen atoms in total. The molecular weight excluding hydrogens is 381 g/mol. The maximum Gasteiger partial charge on any atom is 0.265 e. The van der Waals surface area contributed by atoms with Crippen LogP contribution in [0.3, 0.4) is 0 Å². The maximum absolute atomic E-state index is 13.1. The molecule has 3 rings (SSSR count). The van der Waals surface area contributed by atoms with E-state index in [2.05, 4.69) is 14.9 Å². The maximum atomic E-state index is 13.1. The van der Waals surface area contributed by atoms with Crippen LogP contribution in [-0.2, 0) is 23.6 Å². The third-order valence-electron chi connectivity index (χ3n) is 3.94. The molecule has 0 aliphatic heterocycles. The highest BCUT2D eigenvalue weighted by molar-refractivity contribution is 7.92. The quantitative estimate of drug-likeness (QED) is 0.717. The summed E-state index contributed by atoms with van der Waals surface area (Å²) in [7, 11) is -2.10. The average Bonchev–Trinajstić information content (AvgIpc) is 3.06. The van der Waals surface area contributed by atoms with Gasteiger partial charge in [-0.2, -0.15) is 10.2 Å². The number of rotatable bonds is 5. The first-order valence-electron chi connectivity index (χ1n) is 7.67. The molecule has 0 amide bonds. The van der Waals surface area contributed by atoms with Crippen molar-refractivity contribution in [3.05, 3.63) is 58.4 Å². The lowest BCUT2D eigenvalue weighted by Gasteiger charge is -2.06. The van der Waals surface area contributed by atoms with Crippen molar-refractivity contribution in [2.75, 3.05) is 4.72 Å². The van der Waals surface area contributed by atoms with Gasteiger partial charge in [0.05, 0.1) is 29.8 Å². The molecule has 0 aliphatic rings. The Morgan fingerprint density at radius 3 is 2.65 bits per heavy atom. The second-order valence-electron chi connectivity index (χ2n) is 5.89. The molecule has 0 spiro atoms. The molecule has 10 heteroatoms. The highest BCUT2D eigenvalue weighted by Gasteiger charge is 2.24. The SMILES string of the molecule is Cc1nn(C)c(C)c1S(=O)(=O)Nc1cnn(Cc2ccc(F)cc2Cl)c1. The molecule has 2 aromatic heterocycles. The number of hydrogen-bond donors (Lipinski definition) is 1. The van der Waals surface area contributed by atoms with E-state index in [1.807, 2.05) is 0 Å². The third kappa shape index (κ3) is 3.58. The van der Waals surface area contributed by atoms with Gasteiger partial charge in [-0.25, -0.2) is 12.8 Å². The van der Waals surface area contributed by atoms with Crippen molar-refractivity contribution in [1.29, 1.82) is 0 Å². The highest BCUT2D eigenvalue weighted by Crippen LogP contribution is 2.23. The van der Waals surface area contributed by atoms with Crippen molar-refractivity contribution in [3.63, 3.8) is 0 Å². The molecule has 26 heavy (non-hydrogen) atoms. The highest BCUT2D eigenvalue weighted by atomic mass is 35.5. The van der Waals surface area contributed by atoms with E-state index in [1.54, 1.807) is 27.0 Å². The number of benzene rings is 1. The second kappa shape index (κ2) is 6.73. The lowest BCUT2D eigenvalue weighted by molar-refractivity contribution is 0.599. The molecule has 1 N–H and O–H groups in total. The zero-order valence-electron chi connectivity index (χ0n) is 14.4. The molecule has 0 unspecified atom stereocenters. The molecule has 0 radical (unpaired) electrons. The number of aromatic nitrogens is 4. The van der Waals surface area contributed by atoms with E-state index in [-0.39, 0.29) is 16.5 Å². The van der Waals surface area contributed by atoms with Gasteiger partial charge in [0.25, 0.3) is 10.0 Å². The van der Waals surface area contributed by atoms with E-state index in [0.29, 0.717) is 22.6 Å². The summed E-state index contributed by atoms with van der Waals surface area (Å²) in [6.07, 6.45) is 2.94. The van der Waals surface area contributed by atoms with Crippen molar-refractivity contribution in [2.24, 2.45) is 7.05 Å². The van der Waals surface area contributed by atoms with Gasteiger partial charge < -0.3 is 0 Å². The monoisotopic (exact) mass is 397 g/mol. The van der Waals surface area contributed by atoms with Crippen LogP contribution in [0.15, 0.2) is 35.5 Å². The lowest BCUT2D eigenvalue weighted by atomic mass is 10.2. The van der Waals surface area contributed by atoms with E-state index in [4.69, 9.17) is 11.6 Å². The first-order valence-corrected chi connectivity index (χ1v) is 9.53. The summed E-state index contributed by atoms with van der Waals surface area (Å²) in [4.78, 5) is 0.148. The van der Waals surface area contributed by atoms with Crippen LogP contribution in [0.2, 0.25) is 5.02 Å². The smallest absolute Gasteiger partial charge is 0.265 e. The Balaban J connectivity index is 1.82. The Labute approximate surface area is 155 Å². The number of halogens is 2. The molecule has 0 bridgehead atoms. The van der Waals surface area contributed by atoms with Crippen LogP contribution in [-0.4, -0.2) is 28.0 Å². The standard InChI is InChI=1S/C16H17ClFN5O2S/c1-10-16(11(2)22(3)20-10)26(24,25)21-14-7-19-23(9-14)8-12-4-5-13(18)6-15(12)17/h4-7,9,21H,8H2,1-3H3. The van der Waals surface area contributed by atoms with Crippen LogP contribution in [0.25, 0.3) is 0 Å². The van der Waals surface area contributed by atoms with Gasteiger partial charge in [0.2, 0.25) is 0 Å². The van der Waals surface area contributed by atoms with Crippen LogP contribution in [0.4, 0.5) is 10.1 Å². The van der Waals surface area contributed by atoms with Gasteiger partial charge in [-0.05, 0) is 31.5 Å². The zero-order chi connectivity index (χ0) is 19.1. The van der Waals surface area contributed by atoms with Gasteiger partial charge in [-0.1, -0.05) is 17.7 Å². The first-order chi connectivity index (χ1) is 12.2. The van der Waals surface area contributed by atoms with Crippen LogP contribution >= 0.6 is 11.6 Å². The summed E-state index contributed by atoms with van der Waals surface area (Å²) in [5, 5.41) is 8.53. The molecule has 0 saturated heterocycles. The van der Waals surface area contributed by atoms with Crippen molar-refractivity contribution in [3.8, 4) is 0 Å². The predicted molar refractivity (Wildman–Crippen MR) is 96.2 cm³/mol. The molecule has 2 heterocycles. The van der Waals surface area contributed by atoms with Gasteiger partial charge in [0.15, 0.2) is 0 Å². The molecule has 0 saturated carbocycles. The molecular formula is C16H17ClFN5O2S. The summed E-state index contributed by atoms with van der Waals surface area (Å²) in [6.45, 7) is 3.61. The molecule has 138 valence electrons. The summed E-state index contributed by atoms with van der Waals surface area (Å²) in [5.74, 6) is -0.421. The van der Waals surface area contributed by atoms with Crippen molar-refractivity contribution in [1.82, 2.24) is 19.6 Å². The van der Waals surface area contributed by atoms with Crippen LogP contribution < -0.4 is 4.72 Å². The molecule has 1 aromatic carbocycles. The van der Waals surface area contributed by atoms with E-state index in [0.717, 1.165) is 0 Å². The normalized spacial score (nSPS) is 11.7. The van der Waals surface area contributed by atoms with Gasteiger partial charge in [-0.3, -0.25) is 14.1 Å². The predicted octanol–water partition coefficient (Wildman–Crippen LogP) is 2.88.